The van der Waals surface area contributed by atoms with Crippen molar-refractivity contribution in [2.75, 3.05) is 0 Å². The Morgan fingerprint density at radius 2 is 2.50 bits per heavy atom. The van der Waals surface area contributed by atoms with Gasteiger partial charge in [0, 0.05) is 6.42 Å². The molecule has 0 aromatic rings. The summed E-state index contributed by atoms with van der Waals surface area (Å²) in [5, 5.41) is 8.87. The van der Waals surface area contributed by atoms with Gasteiger partial charge in [0.15, 0.2) is 5.41 Å². The molecule has 2 aliphatic rings. The number of esters is 1. The lowest BCUT2D eigenvalue weighted by atomic mass is 9.73. The summed E-state index contributed by atoms with van der Waals surface area (Å²) in [6, 6.07) is 2.10. The van der Waals surface area contributed by atoms with Crippen LogP contribution in [-0.2, 0) is 9.53 Å². The maximum atomic E-state index is 11.3. The first-order valence-electron chi connectivity index (χ1n) is 4.30. The number of carbonyl (C=O) groups excluding carboxylic acids is 1. The fourth-order valence-electron chi connectivity index (χ4n) is 2.05. The van der Waals surface area contributed by atoms with E-state index in [2.05, 4.69) is 13.0 Å². The van der Waals surface area contributed by atoms with Crippen molar-refractivity contribution in [3.63, 3.8) is 0 Å². The van der Waals surface area contributed by atoms with E-state index in [0.29, 0.717) is 18.8 Å². The molecule has 1 saturated carbocycles. The standard InChI is InChI=1S/C9H11NO2/c1-6-2-3-9(5-10)4-7(6)12-8(9)11/h6-7H,2-4H2,1H3. The molecular weight excluding hydrogens is 154 g/mol. The summed E-state index contributed by atoms with van der Waals surface area (Å²) in [6.07, 6.45) is 2.24. The molecular formula is C9H11NO2. The first kappa shape index (κ1) is 7.60. The molecule has 0 aromatic heterocycles. The molecule has 3 unspecified atom stereocenters. The normalized spacial score (nSPS) is 45.2. The minimum atomic E-state index is -0.781. The summed E-state index contributed by atoms with van der Waals surface area (Å²) in [7, 11) is 0. The van der Waals surface area contributed by atoms with Crippen molar-refractivity contribution in [2.45, 2.75) is 32.3 Å². The minimum Gasteiger partial charge on any atom is -0.461 e. The molecule has 0 spiro atoms. The van der Waals surface area contributed by atoms with Crippen LogP contribution < -0.4 is 0 Å². The van der Waals surface area contributed by atoms with Gasteiger partial charge in [0.2, 0.25) is 0 Å². The number of nitriles is 1. The third-order valence-electron chi connectivity index (χ3n) is 3.07. The van der Waals surface area contributed by atoms with E-state index < -0.39 is 5.41 Å². The van der Waals surface area contributed by atoms with Gasteiger partial charge in [0.25, 0.3) is 0 Å². The van der Waals surface area contributed by atoms with Crippen LogP contribution in [-0.4, -0.2) is 12.1 Å². The van der Waals surface area contributed by atoms with Crippen LogP contribution in [0.4, 0.5) is 0 Å². The molecule has 12 heavy (non-hydrogen) atoms. The van der Waals surface area contributed by atoms with Crippen molar-refractivity contribution < 1.29 is 9.53 Å². The van der Waals surface area contributed by atoms with Crippen molar-refractivity contribution in [3.8, 4) is 6.07 Å². The number of carbonyl (C=O) groups is 1. The van der Waals surface area contributed by atoms with Gasteiger partial charge in [-0.2, -0.15) is 5.26 Å². The molecule has 1 aliphatic carbocycles. The van der Waals surface area contributed by atoms with Crippen molar-refractivity contribution in [1.29, 1.82) is 5.26 Å². The van der Waals surface area contributed by atoms with Crippen LogP contribution in [0.25, 0.3) is 0 Å². The summed E-state index contributed by atoms with van der Waals surface area (Å²) in [5.41, 5.74) is -0.781. The SMILES string of the molecule is CC1CCC2(C#N)CC1OC2=O. The molecule has 0 aromatic carbocycles. The van der Waals surface area contributed by atoms with Crippen LogP contribution in [0.15, 0.2) is 0 Å². The van der Waals surface area contributed by atoms with E-state index in [1.54, 1.807) is 0 Å². The van der Waals surface area contributed by atoms with Crippen molar-refractivity contribution >= 4 is 5.97 Å². The summed E-state index contributed by atoms with van der Waals surface area (Å²) < 4.78 is 5.13. The smallest absolute Gasteiger partial charge is 0.326 e. The van der Waals surface area contributed by atoms with E-state index in [4.69, 9.17) is 10.00 Å². The summed E-state index contributed by atoms with van der Waals surface area (Å²) in [5.74, 6) is 0.136. The first-order valence-corrected chi connectivity index (χ1v) is 4.30. The Hall–Kier alpha value is -1.04. The van der Waals surface area contributed by atoms with Crippen LogP contribution in [0.1, 0.15) is 26.2 Å². The third-order valence-corrected chi connectivity index (χ3v) is 3.07. The molecule has 2 rings (SSSR count). The minimum absolute atomic E-state index is 0.00546. The number of fused-ring (bicyclic) bond motifs is 2. The average molecular weight is 165 g/mol. The van der Waals surface area contributed by atoms with Crippen molar-refractivity contribution in [3.05, 3.63) is 0 Å². The van der Waals surface area contributed by atoms with E-state index in [0.717, 1.165) is 6.42 Å². The third kappa shape index (κ3) is 0.781. The van der Waals surface area contributed by atoms with E-state index in [1.807, 2.05) is 0 Å². The molecule has 3 heteroatoms. The lowest BCUT2D eigenvalue weighted by Gasteiger charge is -2.25. The number of ether oxygens (including phenoxy) is 1. The highest BCUT2D eigenvalue weighted by Gasteiger charge is 2.54. The topological polar surface area (TPSA) is 50.1 Å². The zero-order valence-electron chi connectivity index (χ0n) is 7.04. The van der Waals surface area contributed by atoms with Gasteiger partial charge in [0.1, 0.15) is 6.10 Å². The maximum absolute atomic E-state index is 11.3. The molecule has 0 amide bonds. The van der Waals surface area contributed by atoms with Gasteiger partial charge >= 0.3 is 5.97 Å². The highest BCUT2D eigenvalue weighted by molar-refractivity contribution is 5.82. The predicted molar refractivity (Wildman–Crippen MR) is 40.9 cm³/mol. The molecule has 1 heterocycles. The largest absolute Gasteiger partial charge is 0.461 e. The molecule has 3 nitrogen and oxygen atoms in total. The highest BCUT2D eigenvalue weighted by atomic mass is 16.6. The molecule has 1 saturated heterocycles. The van der Waals surface area contributed by atoms with Gasteiger partial charge in [0.05, 0.1) is 6.07 Å². The Balaban J connectivity index is 2.31. The van der Waals surface area contributed by atoms with Gasteiger partial charge in [-0.15, -0.1) is 0 Å². The molecule has 0 N–H and O–H groups in total. The molecule has 0 radical (unpaired) electrons. The summed E-state index contributed by atoms with van der Waals surface area (Å²) in [6.45, 7) is 2.07. The Kier molecular flexibility index (Phi) is 1.41. The number of nitrogens with zero attached hydrogens (tertiary/aromatic N) is 1. The monoisotopic (exact) mass is 165 g/mol. The van der Waals surface area contributed by atoms with Crippen LogP contribution in [0.5, 0.6) is 0 Å². The van der Waals surface area contributed by atoms with Gasteiger partial charge in [-0.1, -0.05) is 6.92 Å². The predicted octanol–water partition coefficient (Wildman–Crippen LogP) is 1.24. The van der Waals surface area contributed by atoms with Crippen LogP contribution in [0, 0.1) is 22.7 Å². The van der Waals surface area contributed by atoms with Crippen molar-refractivity contribution in [2.24, 2.45) is 11.3 Å². The van der Waals surface area contributed by atoms with Gasteiger partial charge in [-0.05, 0) is 18.8 Å². The van der Waals surface area contributed by atoms with Crippen molar-refractivity contribution in [1.82, 2.24) is 0 Å². The number of hydrogen-bond acceptors (Lipinski definition) is 3. The highest BCUT2D eigenvalue weighted by Crippen LogP contribution is 2.46. The maximum Gasteiger partial charge on any atom is 0.326 e. The average Bonchev–Trinajstić information content (AvgIpc) is 2.35. The zero-order valence-corrected chi connectivity index (χ0v) is 7.04. The Labute approximate surface area is 71.3 Å². The first-order chi connectivity index (χ1) is 5.68. The summed E-state index contributed by atoms with van der Waals surface area (Å²) in [4.78, 5) is 11.3. The van der Waals surface area contributed by atoms with Gasteiger partial charge in [-0.25, -0.2) is 0 Å². The number of rotatable bonds is 0. The van der Waals surface area contributed by atoms with E-state index in [1.165, 1.54) is 0 Å². The second kappa shape index (κ2) is 2.22. The molecule has 1 aliphatic heterocycles. The van der Waals surface area contributed by atoms with E-state index in [9.17, 15) is 4.79 Å². The fourth-order valence-corrected chi connectivity index (χ4v) is 2.05. The zero-order chi connectivity index (χ0) is 8.77. The molecule has 64 valence electrons. The summed E-state index contributed by atoms with van der Waals surface area (Å²) >= 11 is 0. The molecule has 3 atom stereocenters. The van der Waals surface area contributed by atoms with E-state index >= 15 is 0 Å². The second-order valence-corrected chi connectivity index (χ2v) is 3.86. The quantitative estimate of drug-likeness (QED) is 0.507. The lowest BCUT2D eigenvalue weighted by molar-refractivity contribution is -0.146. The Morgan fingerprint density at radius 1 is 1.75 bits per heavy atom. The Bertz CT molecular complexity index is 268. The van der Waals surface area contributed by atoms with Crippen LogP contribution in [0.3, 0.4) is 0 Å². The van der Waals surface area contributed by atoms with Crippen LogP contribution >= 0.6 is 0 Å². The number of hydrogen-bond donors (Lipinski definition) is 0. The molecule has 2 fully saturated rings. The fraction of sp³-hybridized carbons (Fsp3) is 0.778. The Morgan fingerprint density at radius 3 is 3.17 bits per heavy atom. The van der Waals surface area contributed by atoms with E-state index in [-0.39, 0.29) is 12.1 Å². The van der Waals surface area contributed by atoms with Crippen LogP contribution in [0.2, 0.25) is 0 Å². The van der Waals surface area contributed by atoms with Gasteiger partial charge < -0.3 is 4.74 Å². The molecule has 2 bridgehead atoms. The second-order valence-electron chi connectivity index (χ2n) is 3.86. The van der Waals surface area contributed by atoms with Gasteiger partial charge in [-0.3, -0.25) is 4.79 Å². The lowest BCUT2D eigenvalue weighted by Crippen LogP contribution is -2.29.